The van der Waals surface area contributed by atoms with Gasteiger partial charge >= 0.3 is 0 Å². The number of aldehydes is 1. The molecule has 2 aromatic carbocycles. The molecule has 0 unspecified atom stereocenters. The number of nitrogens with one attached hydrogen (secondary N) is 1. The maximum atomic E-state index is 12.3. The van der Waals surface area contributed by atoms with Crippen molar-refractivity contribution in [3.8, 4) is 0 Å². The highest BCUT2D eigenvalue weighted by Gasteiger charge is 2.12. The molecule has 1 N–H and O–H groups in total. The van der Waals surface area contributed by atoms with E-state index in [1.807, 2.05) is 18.2 Å². The van der Waals surface area contributed by atoms with Crippen molar-refractivity contribution in [3.63, 3.8) is 0 Å². The summed E-state index contributed by atoms with van der Waals surface area (Å²) in [5.41, 5.74) is 1.91. The number of halogens is 3. The molecule has 0 spiro atoms. The van der Waals surface area contributed by atoms with Gasteiger partial charge in [-0.05, 0) is 36.4 Å². The van der Waals surface area contributed by atoms with Crippen molar-refractivity contribution in [1.82, 2.24) is 4.57 Å². The van der Waals surface area contributed by atoms with Gasteiger partial charge in [0.2, 0.25) is 5.91 Å². The van der Waals surface area contributed by atoms with E-state index in [4.69, 9.17) is 23.2 Å². The molecule has 0 saturated heterocycles. The lowest BCUT2D eigenvalue weighted by Gasteiger charge is -2.08. The van der Waals surface area contributed by atoms with Crippen LogP contribution in [0.15, 0.2) is 47.1 Å². The minimum atomic E-state index is -0.231. The quantitative estimate of drug-likeness (QED) is 0.586. The summed E-state index contributed by atoms with van der Waals surface area (Å²) in [7, 11) is 0. The summed E-state index contributed by atoms with van der Waals surface area (Å²) in [6, 6.07) is 10.5. The molecule has 0 saturated carbocycles. The molecule has 0 radical (unpaired) electrons. The highest BCUT2D eigenvalue weighted by molar-refractivity contribution is 9.10. The number of rotatable bonds is 4. The van der Waals surface area contributed by atoms with E-state index in [0.717, 1.165) is 21.7 Å². The van der Waals surface area contributed by atoms with Crippen LogP contribution >= 0.6 is 39.1 Å². The van der Waals surface area contributed by atoms with E-state index in [1.54, 1.807) is 29.0 Å². The van der Waals surface area contributed by atoms with E-state index >= 15 is 0 Å². The SMILES string of the molecule is O=Cc1cn(CC(=O)Nc2ccc(Cl)c(Cl)c2)c2ccc(Br)cc12. The van der Waals surface area contributed by atoms with Crippen molar-refractivity contribution in [3.05, 3.63) is 62.7 Å². The third-order valence-corrected chi connectivity index (χ3v) is 4.75. The second-order valence-electron chi connectivity index (χ2n) is 5.17. The lowest BCUT2D eigenvalue weighted by Crippen LogP contribution is -2.18. The number of aromatic nitrogens is 1. The monoisotopic (exact) mass is 424 g/mol. The van der Waals surface area contributed by atoms with E-state index in [0.29, 0.717) is 21.3 Å². The van der Waals surface area contributed by atoms with E-state index in [1.165, 1.54) is 0 Å². The topological polar surface area (TPSA) is 51.1 Å². The Bertz CT molecular complexity index is 953. The first-order valence-electron chi connectivity index (χ1n) is 6.96. The number of nitrogens with zero attached hydrogens (tertiary/aromatic N) is 1. The number of anilines is 1. The van der Waals surface area contributed by atoms with Gasteiger partial charge in [-0.25, -0.2) is 0 Å². The third kappa shape index (κ3) is 3.48. The standard InChI is InChI=1S/C17H11BrCl2N2O2/c18-11-1-4-16-13(5-11)10(9-23)7-22(16)8-17(24)21-12-2-3-14(19)15(20)6-12/h1-7,9H,8H2,(H,21,24). The Kier molecular flexibility index (Phi) is 4.94. The molecular weight excluding hydrogens is 415 g/mol. The van der Waals surface area contributed by atoms with Crippen molar-refractivity contribution in [2.45, 2.75) is 6.54 Å². The molecule has 1 amide bonds. The van der Waals surface area contributed by atoms with Crippen LogP contribution in [-0.4, -0.2) is 16.8 Å². The molecule has 0 atom stereocenters. The van der Waals surface area contributed by atoms with Crippen LogP contribution in [0.2, 0.25) is 10.0 Å². The molecular formula is C17H11BrCl2N2O2. The number of carbonyl (C=O) groups excluding carboxylic acids is 2. The molecule has 4 nitrogen and oxygen atoms in total. The molecule has 0 aliphatic rings. The first kappa shape index (κ1) is 17.0. The molecule has 0 fully saturated rings. The first-order chi connectivity index (χ1) is 11.5. The second-order valence-corrected chi connectivity index (χ2v) is 6.90. The summed E-state index contributed by atoms with van der Waals surface area (Å²) in [5.74, 6) is -0.231. The number of amides is 1. The Morgan fingerprint density at radius 1 is 1.17 bits per heavy atom. The molecule has 0 bridgehead atoms. The summed E-state index contributed by atoms with van der Waals surface area (Å²) in [6.45, 7) is 0.0756. The van der Waals surface area contributed by atoms with Gasteiger partial charge in [-0.2, -0.15) is 0 Å². The fourth-order valence-corrected chi connectivity index (χ4v) is 3.11. The zero-order chi connectivity index (χ0) is 17.3. The van der Waals surface area contributed by atoms with Crippen LogP contribution in [0, 0.1) is 0 Å². The molecule has 3 rings (SSSR count). The first-order valence-corrected chi connectivity index (χ1v) is 8.51. The summed E-state index contributed by atoms with van der Waals surface area (Å²) in [6.07, 6.45) is 2.45. The fourth-order valence-electron chi connectivity index (χ4n) is 2.45. The van der Waals surface area contributed by atoms with Gasteiger partial charge in [0.15, 0.2) is 6.29 Å². The van der Waals surface area contributed by atoms with Crippen molar-refractivity contribution < 1.29 is 9.59 Å². The van der Waals surface area contributed by atoms with Crippen LogP contribution in [0.1, 0.15) is 10.4 Å². The van der Waals surface area contributed by atoms with Gasteiger partial charge in [-0.15, -0.1) is 0 Å². The summed E-state index contributed by atoms with van der Waals surface area (Å²) in [4.78, 5) is 23.5. The number of hydrogen-bond acceptors (Lipinski definition) is 2. The van der Waals surface area contributed by atoms with Crippen molar-refractivity contribution in [2.24, 2.45) is 0 Å². The Morgan fingerprint density at radius 3 is 2.67 bits per heavy atom. The molecule has 1 aromatic heterocycles. The number of fused-ring (bicyclic) bond motifs is 1. The van der Waals surface area contributed by atoms with Crippen LogP contribution in [0.5, 0.6) is 0 Å². The highest BCUT2D eigenvalue weighted by atomic mass is 79.9. The molecule has 24 heavy (non-hydrogen) atoms. The van der Waals surface area contributed by atoms with E-state index in [2.05, 4.69) is 21.2 Å². The zero-order valence-corrected chi connectivity index (χ0v) is 15.3. The van der Waals surface area contributed by atoms with Crippen molar-refractivity contribution in [1.29, 1.82) is 0 Å². The largest absolute Gasteiger partial charge is 0.337 e. The predicted molar refractivity (Wildman–Crippen MR) is 100 cm³/mol. The Morgan fingerprint density at radius 2 is 1.96 bits per heavy atom. The second kappa shape index (κ2) is 6.97. The smallest absolute Gasteiger partial charge is 0.244 e. The zero-order valence-electron chi connectivity index (χ0n) is 12.2. The number of benzene rings is 2. The summed E-state index contributed by atoms with van der Waals surface area (Å²) in [5, 5.41) is 4.35. The van der Waals surface area contributed by atoms with E-state index in [9.17, 15) is 9.59 Å². The Labute approximate surface area is 156 Å². The molecule has 3 aromatic rings. The molecule has 1 heterocycles. The van der Waals surface area contributed by atoms with Crippen molar-refractivity contribution >= 4 is 67.9 Å². The molecule has 0 aliphatic heterocycles. The maximum absolute atomic E-state index is 12.3. The van der Waals surface area contributed by atoms with Crippen LogP contribution < -0.4 is 5.32 Å². The molecule has 7 heteroatoms. The van der Waals surface area contributed by atoms with Gasteiger partial charge < -0.3 is 9.88 Å². The average Bonchev–Trinajstić information content (AvgIpc) is 2.87. The van der Waals surface area contributed by atoms with Gasteiger partial charge in [0.1, 0.15) is 6.54 Å². The van der Waals surface area contributed by atoms with Crippen molar-refractivity contribution in [2.75, 3.05) is 5.32 Å². The van der Waals surface area contributed by atoms with E-state index in [-0.39, 0.29) is 12.5 Å². The van der Waals surface area contributed by atoms with Crippen LogP contribution in [0.4, 0.5) is 5.69 Å². The Hall–Kier alpha value is -1.82. The highest BCUT2D eigenvalue weighted by Crippen LogP contribution is 2.26. The third-order valence-electron chi connectivity index (χ3n) is 3.52. The normalized spacial score (nSPS) is 10.8. The van der Waals surface area contributed by atoms with Crippen LogP contribution in [0.3, 0.4) is 0 Å². The number of hydrogen-bond donors (Lipinski definition) is 1. The minimum Gasteiger partial charge on any atom is -0.337 e. The lowest BCUT2D eigenvalue weighted by molar-refractivity contribution is -0.116. The van der Waals surface area contributed by atoms with Gasteiger partial charge in [0, 0.05) is 32.8 Å². The summed E-state index contributed by atoms with van der Waals surface area (Å²) >= 11 is 15.2. The van der Waals surface area contributed by atoms with E-state index < -0.39 is 0 Å². The average molecular weight is 426 g/mol. The van der Waals surface area contributed by atoms with Crippen LogP contribution in [-0.2, 0) is 11.3 Å². The van der Waals surface area contributed by atoms with Crippen LogP contribution in [0.25, 0.3) is 10.9 Å². The predicted octanol–water partition coefficient (Wildman–Crippen LogP) is 5.16. The lowest BCUT2D eigenvalue weighted by atomic mass is 10.2. The Balaban J connectivity index is 1.85. The van der Waals surface area contributed by atoms with Gasteiger partial charge in [0.25, 0.3) is 0 Å². The number of carbonyl (C=O) groups is 2. The van der Waals surface area contributed by atoms with Gasteiger partial charge in [-0.3, -0.25) is 9.59 Å². The minimum absolute atomic E-state index is 0.0756. The van der Waals surface area contributed by atoms with Gasteiger partial charge in [-0.1, -0.05) is 39.1 Å². The maximum Gasteiger partial charge on any atom is 0.244 e. The summed E-state index contributed by atoms with van der Waals surface area (Å²) < 4.78 is 2.61. The van der Waals surface area contributed by atoms with Gasteiger partial charge in [0.05, 0.1) is 10.0 Å². The fraction of sp³-hybridized carbons (Fsp3) is 0.0588. The molecule has 0 aliphatic carbocycles. The molecule has 122 valence electrons.